The van der Waals surface area contributed by atoms with Crippen LogP contribution in [0.3, 0.4) is 0 Å². The van der Waals surface area contributed by atoms with E-state index in [4.69, 9.17) is 19.9 Å². The highest BCUT2D eigenvalue weighted by Crippen LogP contribution is 2.66. The fourth-order valence-electron chi connectivity index (χ4n) is 9.72. The molecule has 0 saturated heterocycles. The highest BCUT2D eigenvalue weighted by molar-refractivity contribution is 6.08. The zero-order chi connectivity index (χ0) is 38.9. The Balaban J connectivity index is 1.11. The number of aromatic nitrogens is 4. The number of para-hydroxylation sites is 1. The maximum Gasteiger partial charge on any atom is 0.164 e. The van der Waals surface area contributed by atoms with Gasteiger partial charge in [0.1, 0.15) is 0 Å². The molecule has 2 aliphatic rings. The monoisotopic (exact) mass is 750 g/mol. The van der Waals surface area contributed by atoms with Gasteiger partial charge in [0.15, 0.2) is 17.5 Å². The standard InChI is InChI=1S/C55H34N4/c1-4-18-35(19-5-1)51-49-42-27-11-14-31-45(42)55(50(49)43-28-12-15-33-47(43)56-51)44-30-13-10-26-41(44)48-40(29-17-32-46(48)55)38-24-16-25-39(34-38)54-58-52(36-20-6-2-7-21-36)57-53(59-54)37-22-8-3-9-23-37/h1-34H. The average molecular weight is 751 g/mol. The van der Waals surface area contributed by atoms with E-state index in [9.17, 15) is 0 Å². The Morgan fingerprint density at radius 3 is 1.42 bits per heavy atom. The number of benzene rings is 8. The molecule has 1 spiro atoms. The first kappa shape index (κ1) is 33.3. The van der Waals surface area contributed by atoms with Crippen LogP contribution in [0.15, 0.2) is 206 Å². The van der Waals surface area contributed by atoms with Crippen molar-refractivity contribution in [2.45, 2.75) is 5.41 Å². The van der Waals surface area contributed by atoms with Crippen LogP contribution in [0, 0.1) is 0 Å². The first-order valence-electron chi connectivity index (χ1n) is 20.1. The molecular formula is C55H34N4. The van der Waals surface area contributed by atoms with Gasteiger partial charge < -0.3 is 0 Å². The quantitative estimate of drug-likeness (QED) is 0.176. The fourth-order valence-corrected chi connectivity index (χ4v) is 9.72. The summed E-state index contributed by atoms with van der Waals surface area (Å²) in [5.41, 5.74) is 17.7. The lowest BCUT2D eigenvalue weighted by Crippen LogP contribution is -2.26. The average Bonchev–Trinajstić information content (AvgIpc) is 3.80. The van der Waals surface area contributed by atoms with Gasteiger partial charge in [0.25, 0.3) is 0 Å². The van der Waals surface area contributed by atoms with Gasteiger partial charge >= 0.3 is 0 Å². The Morgan fingerprint density at radius 1 is 0.305 bits per heavy atom. The van der Waals surface area contributed by atoms with Crippen molar-refractivity contribution < 1.29 is 0 Å². The first-order chi connectivity index (χ1) is 29.3. The SMILES string of the molecule is c1ccc(-c2nc(-c3ccccc3)nc(-c3cccc(-c4cccc5c4-c4ccccc4C54c5ccccc5-c5c(-c6ccccc6)nc6ccccc6c54)c3)n2)cc1. The summed E-state index contributed by atoms with van der Waals surface area (Å²) in [6, 6.07) is 73.2. The third-order valence-corrected chi connectivity index (χ3v) is 12.1. The van der Waals surface area contributed by atoms with E-state index in [1.165, 1.54) is 55.5 Å². The number of hydrogen-bond donors (Lipinski definition) is 0. The van der Waals surface area contributed by atoms with Crippen LogP contribution in [0.25, 0.3) is 89.7 Å². The summed E-state index contributed by atoms with van der Waals surface area (Å²) in [6.45, 7) is 0. The second kappa shape index (κ2) is 13.1. The molecule has 0 N–H and O–H groups in total. The van der Waals surface area contributed by atoms with Crippen molar-refractivity contribution >= 4 is 10.9 Å². The minimum Gasteiger partial charge on any atom is -0.247 e. The van der Waals surface area contributed by atoms with E-state index in [1.807, 2.05) is 60.7 Å². The van der Waals surface area contributed by atoms with Crippen molar-refractivity contribution in [2.75, 3.05) is 0 Å². The highest BCUT2D eigenvalue weighted by Gasteiger charge is 2.53. The summed E-state index contributed by atoms with van der Waals surface area (Å²) in [5, 5.41) is 1.17. The van der Waals surface area contributed by atoms with Gasteiger partial charge in [-0.05, 0) is 62.2 Å². The molecule has 2 heterocycles. The van der Waals surface area contributed by atoms with Gasteiger partial charge in [0, 0.05) is 33.2 Å². The Hall–Kier alpha value is -7.82. The van der Waals surface area contributed by atoms with Gasteiger partial charge in [0.05, 0.1) is 16.6 Å². The number of pyridine rings is 1. The van der Waals surface area contributed by atoms with Crippen LogP contribution in [0.4, 0.5) is 0 Å². The minimum atomic E-state index is -0.569. The zero-order valence-electron chi connectivity index (χ0n) is 31.9. The normalized spacial score (nSPS) is 14.5. The van der Waals surface area contributed by atoms with E-state index in [-0.39, 0.29) is 0 Å². The predicted octanol–water partition coefficient (Wildman–Crippen LogP) is 13.1. The van der Waals surface area contributed by atoms with Gasteiger partial charge in [-0.1, -0.05) is 194 Å². The summed E-state index contributed by atoms with van der Waals surface area (Å²) in [5.74, 6) is 1.92. The van der Waals surface area contributed by atoms with Crippen molar-refractivity contribution in [3.8, 4) is 78.8 Å². The lowest BCUT2D eigenvalue weighted by atomic mass is 9.69. The van der Waals surface area contributed by atoms with Gasteiger partial charge in [-0.2, -0.15) is 0 Å². The second-order valence-electron chi connectivity index (χ2n) is 15.3. The van der Waals surface area contributed by atoms with Gasteiger partial charge in [0.2, 0.25) is 0 Å². The molecule has 4 heteroatoms. The number of hydrogen-bond acceptors (Lipinski definition) is 4. The topological polar surface area (TPSA) is 51.6 Å². The third-order valence-electron chi connectivity index (χ3n) is 12.1. The maximum atomic E-state index is 5.42. The molecule has 0 saturated carbocycles. The van der Waals surface area contributed by atoms with Crippen LogP contribution in [0.5, 0.6) is 0 Å². The number of nitrogens with zero attached hydrogens (tertiary/aromatic N) is 4. The Morgan fingerprint density at radius 2 is 0.763 bits per heavy atom. The zero-order valence-corrected chi connectivity index (χ0v) is 31.9. The smallest absolute Gasteiger partial charge is 0.164 e. The molecule has 1 unspecified atom stereocenters. The van der Waals surface area contributed by atoms with Crippen LogP contribution in [0.2, 0.25) is 0 Å². The molecule has 1 atom stereocenters. The van der Waals surface area contributed by atoms with Crippen molar-refractivity contribution in [3.05, 3.63) is 229 Å². The first-order valence-corrected chi connectivity index (χ1v) is 20.1. The molecule has 0 fully saturated rings. The summed E-state index contributed by atoms with van der Waals surface area (Å²) >= 11 is 0. The van der Waals surface area contributed by atoms with Gasteiger partial charge in [-0.3, -0.25) is 0 Å². The lowest BCUT2D eigenvalue weighted by Gasteiger charge is -2.31. The lowest BCUT2D eigenvalue weighted by molar-refractivity contribution is 0.801. The van der Waals surface area contributed by atoms with Crippen molar-refractivity contribution in [1.82, 2.24) is 19.9 Å². The molecule has 2 aromatic heterocycles. The van der Waals surface area contributed by atoms with E-state index in [2.05, 4.69) is 146 Å². The Kier molecular flexibility index (Phi) is 7.41. The van der Waals surface area contributed by atoms with Crippen LogP contribution >= 0.6 is 0 Å². The summed E-state index contributed by atoms with van der Waals surface area (Å²) in [7, 11) is 0. The molecule has 0 amide bonds. The molecule has 0 bridgehead atoms. The summed E-state index contributed by atoms with van der Waals surface area (Å²) in [4.78, 5) is 20.5. The van der Waals surface area contributed by atoms with Crippen LogP contribution in [-0.2, 0) is 5.41 Å². The van der Waals surface area contributed by atoms with Gasteiger partial charge in [-0.25, -0.2) is 19.9 Å². The Bertz CT molecular complexity index is 3210. The van der Waals surface area contributed by atoms with Crippen LogP contribution < -0.4 is 0 Å². The van der Waals surface area contributed by atoms with Gasteiger partial charge in [-0.15, -0.1) is 0 Å². The number of fused-ring (bicyclic) bond motifs is 12. The van der Waals surface area contributed by atoms with E-state index in [0.717, 1.165) is 39.0 Å². The minimum absolute atomic E-state index is 0.569. The molecule has 59 heavy (non-hydrogen) atoms. The molecule has 12 rings (SSSR count). The molecular weight excluding hydrogens is 717 g/mol. The number of rotatable bonds is 5. The van der Waals surface area contributed by atoms with E-state index < -0.39 is 5.41 Å². The molecule has 10 aromatic rings. The molecule has 2 aliphatic carbocycles. The summed E-state index contributed by atoms with van der Waals surface area (Å²) in [6.07, 6.45) is 0. The highest BCUT2D eigenvalue weighted by atomic mass is 15.0. The predicted molar refractivity (Wildman–Crippen MR) is 239 cm³/mol. The largest absolute Gasteiger partial charge is 0.247 e. The molecule has 0 radical (unpaired) electrons. The maximum absolute atomic E-state index is 5.42. The third kappa shape index (κ3) is 4.96. The van der Waals surface area contributed by atoms with E-state index in [0.29, 0.717) is 17.5 Å². The van der Waals surface area contributed by atoms with Crippen LogP contribution in [-0.4, -0.2) is 19.9 Å². The fraction of sp³-hybridized carbons (Fsp3) is 0.0182. The van der Waals surface area contributed by atoms with Crippen molar-refractivity contribution in [3.63, 3.8) is 0 Å². The van der Waals surface area contributed by atoms with Crippen molar-refractivity contribution in [2.24, 2.45) is 0 Å². The molecule has 8 aromatic carbocycles. The Labute approximate surface area is 342 Å². The molecule has 0 aliphatic heterocycles. The van der Waals surface area contributed by atoms with E-state index >= 15 is 0 Å². The molecule has 4 nitrogen and oxygen atoms in total. The van der Waals surface area contributed by atoms with Crippen molar-refractivity contribution in [1.29, 1.82) is 0 Å². The summed E-state index contributed by atoms with van der Waals surface area (Å²) < 4.78 is 0. The molecule has 274 valence electrons. The second-order valence-corrected chi connectivity index (χ2v) is 15.3. The van der Waals surface area contributed by atoms with Crippen LogP contribution in [0.1, 0.15) is 22.3 Å². The van der Waals surface area contributed by atoms with E-state index in [1.54, 1.807) is 0 Å².